The van der Waals surface area contributed by atoms with Crippen LogP contribution in [0.25, 0.3) is 93.4 Å². The number of rotatable bonds is 5. The number of para-hydroxylation sites is 3. The highest BCUT2D eigenvalue weighted by atomic mass is 16.4. The van der Waals surface area contributed by atoms with Gasteiger partial charge in [-0.15, -0.1) is 0 Å². The summed E-state index contributed by atoms with van der Waals surface area (Å²) < 4.78 is 14.3. The third kappa shape index (κ3) is 4.96. The zero-order valence-corrected chi connectivity index (χ0v) is 30.9. The van der Waals surface area contributed by atoms with E-state index < -0.39 is 0 Å². The first-order chi connectivity index (χ1) is 27.5. The highest BCUT2D eigenvalue weighted by molar-refractivity contribution is 6.12. The topological polar surface area (TPSA) is 48.3 Å². The van der Waals surface area contributed by atoms with Gasteiger partial charge in [-0.05, 0) is 113 Å². The van der Waals surface area contributed by atoms with Gasteiger partial charge in [0.15, 0.2) is 0 Å². The first-order valence-electron chi connectivity index (χ1n) is 19.1. The highest BCUT2D eigenvalue weighted by Gasteiger charge is 2.20. The van der Waals surface area contributed by atoms with Crippen LogP contribution in [-0.4, -0.2) is 4.57 Å². The fourth-order valence-corrected chi connectivity index (χ4v) is 8.87. The maximum absolute atomic E-state index is 13.2. The highest BCUT2D eigenvalue weighted by Crippen LogP contribution is 2.42. The van der Waals surface area contributed by atoms with Crippen molar-refractivity contribution in [2.75, 3.05) is 0 Å². The Morgan fingerprint density at radius 1 is 0.464 bits per heavy atom. The Balaban J connectivity index is 1.12. The molecular formula is C52H35NO3. The number of furan rings is 1. The van der Waals surface area contributed by atoms with Gasteiger partial charge in [-0.25, -0.2) is 4.79 Å². The lowest BCUT2D eigenvalue weighted by atomic mass is 9.83. The molecule has 0 radical (unpaired) electrons. The summed E-state index contributed by atoms with van der Waals surface area (Å²) in [6, 6.07) is 59.8. The van der Waals surface area contributed by atoms with Gasteiger partial charge in [-0.2, -0.15) is 0 Å². The molecule has 0 saturated carbocycles. The minimum Gasteiger partial charge on any atom is -0.456 e. The molecular weight excluding hydrogens is 687 g/mol. The quantitative estimate of drug-likeness (QED) is 0.131. The molecule has 0 saturated heterocycles. The smallest absolute Gasteiger partial charge is 0.344 e. The third-order valence-corrected chi connectivity index (χ3v) is 11.7. The van der Waals surface area contributed by atoms with Crippen LogP contribution in [0.1, 0.15) is 29.5 Å². The molecule has 0 fully saturated rings. The number of hydrogen-bond acceptors (Lipinski definition) is 3. The summed E-state index contributed by atoms with van der Waals surface area (Å²) >= 11 is 0. The third-order valence-electron chi connectivity index (χ3n) is 11.7. The molecule has 11 aromatic rings. The summed E-state index contributed by atoms with van der Waals surface area (Å²) in [4.78, 5) is 13.2. The van der Waals surface area contributed by atoms with E-state index in [1.54, 1.807) is 0 Å². The molecule has 3 heterocycles. The summed E-state index contributed by atoms with van der Waals surface area (Å²) in [6.45, 7) is 4.37. The van der Waals surface area contributed by atoms with Crippen molar-refractivity contribution in [1.82, 2.24) is 4.57 Å². The van der Waals surface area contributed by atoms with E-state index in [1.807, 2.05) is 42.5 Å². The normalized spacial score (nSPS) is 12.5. The summed E-state index contributed by atoms with van der Waals surface area (Å²) in [6.07, 6.45) is 0. The molecule has 4 nitrogen and oxygen atoms in total. The van der Waals surface area contributed by atoms with Crippen LogP contribution in [0.5, 0.6) is 0 Å². The van der Waals surface area contributed by atoms with E-state index in [2.05, 4.69) is 146 Å². The first kappa shape index (κ1) is 32.3. The van der Waals surface area contributed by atoms with Crippen molar-refractivity contribution >= 4 is 65.5 Å². The second-order valence-electron chi connectivity index (χ2n) is 14.9. The Labute approximate surface area is 322 Å². The van der Waals surface area contributed by atoms with Crippen LogP contribution in [0.4, 0.5) is 0 Å². The van der Waals surface area contributed by atoms with Crippen molar-refractivity contribution in [3.63, 3.8) is 0 Å². The first-order valence-corrected chi connectivity index (χ1v) is 19.1. The van der Waals surface area contributed by atoms with Crippen molar-refractivity contribution in [1.29, 1.82) is 0 Å². The SMILES string of the molecule is Cc1cc2c(=O)oc3ccccc3c2cc1-c1cc(-c2ccc3c(c2)c2ccccc2n3-c2ccc3oc4ccccc4c3c2)ccc1C(C)c1ccccc1. The van der Waals surface area contributed by atoms with Gasteiger partial charge in [0.2, 0.25) is 0 Å². The van der Waals surface area contributed by atoms with E-state index in [0.29, 0.717) is 11.0 Å². The number of aromatic nitrogens is 1. The Bertz CT molecular complexity index is 3420. The maximum atomic E-state index is 13.2. The molecule has 56 heavy (non-hydrogen) atoms. The second-order valence-corrected chi connectivity index (χ2v) is 14.9. The van der Waals surface area contributed by atoms with Gasteiger partial charge in [0, 0.05) is 43.9 Å². The monoisotopic (exact) mass is 721 g/mol. The molecule has 0 aliphatic carbocycles. The van der Waals surface area contributed by atoms with Gasteiger partial charge in [0.25, 0.3) is 0 Å². The average molecular weight is 722 g/mol. The molecule has 4 heteroatoms. The van der Waals surface area contributed by atoms with Crippen molar-refractivity contribution in [3.05, 3.63) is 197 Å². The molecule has 0 spiro atoms. The van der Waals surface area contributed by atoms with Crippen LogP contribution in [-0.2, 0) is 0 Å². The van der Waals surface area contributed by atoms with Gasteiger partial charge < -0.3 is 13.4 Å². The molecule has 266 valence electrons. The van der Waals surface area contributed by atoms with E-state index in [9.17, 15) is 4.79 Å². The molecule has 0 bridgehead atoms. The van der Waals surface area contributed by atoms with E-state index in [-0.39, 0.29) is 11.5 Å². The van der Waals surface area contributed by atoms with Crippen molar-refractivity contribution in [2.24, 2.45) is 0 Å². The number of fused-ring (bicyclic) bond motifs is 9. The van der Waals surface area contributed by atoms with Crippen LogP contribution in [0.3, 0.4) is 0 Å². The molecule has 8 aromatic carbocycles. The van der Waals surface area contributed by atoms with Crippen molar-refractivity contribution in [3.8, 4) is 27.9 Å². The van der Waals surface area contributed by atoms with Crippen LogP contribution < -0.4 is 5.63 Å². The van der Waals surface area contributed by atoms with Crippen LogP contribution in [0.2, 0.25) is 0 Å². The largest absolute Gasteiger partial charge is 0.456 e. The van der Waals surface area contributed by atoms with Crippen LogP contribution in [0, 0.1) is 6.92 Å². The molecule has 1 atom stereocenters. The van der Waals surface area contributed by atoms with Gasteiger partial charge >= 0.3 is 5.63 Å². The predicted octanol–water partition coefficient (Wildman–Crippen LogP) is 13.7. The lowest BCUT2D eigenvalue weighted by molar-refractivity contribution is 0.569. The molecule has 1 unspecified atom stereocenters. The molecule has 0 N–H and O–H groups in total. The van der Waals surface area contributed by atoms with E-state index >= 15 is 0 Å². The zero-order chi connectivity index (χ0) is 37.5. The lowest BCUT2D eigenvalue weighted by Crippen LogP contribution is -2.03. The minimum atomic E-state index is -0.314. The number of aryl methyl sites for hydroxylation is 1. The number of nitrogens with zero attached hydrogens (tertiary/aromatic N) is 1. The lowest BCUT2D eigenvalue weighted by Gasteiger charge is -2.21. The summed E-state index contributed by atoms with van der Waals surface area (Å²) in [5, 5.41) is 7.05. The predicted molar refractivity (Wildman–Crippen MR) is 231 cm³/mol. The maximum Gasteiger partial charge on any atom is 0.344 e. The molecule has 11 rings (SSSR count). The molecule has 0 aliphatic heterocycles. The summed E-state index contributed by atoms with van der Waals surface area (Å²) in [5.74, 6) is 0.137. The molecule has 0 amide bonds. The van der Waals surface area contributed by atoms with E-state index in [0.717, 1.165) is 77.2 Å². The standard InChI is InChI=1S/C52H35NO3/c1-31-26-46-43(39-15-7-11-19-50(39)56-52(46)54)30-41(31)42-27-34(20-23-37(42)32(2)33-12-4-3-5-13-33)35-21-24-48-44(28-35)38-14-6-9-17-47(38)53(48)36-22-25-51-45(29-36)40-16-8-10-18-49(40)55-51/h3-30,32H,1-2H3. The molecule has 3 aromatic heterocycles. The fourth-order valence-electron chi connectivity index (χ4n) is 8.87. The average Bonchev–Trinajstić information content (AvgIpc) is 3.78. The Morgan fingerprint density at radius 3 is 1.93 bits per heavy atom. The molecule has 0 aliphatic rings. The van der Waals surface area contributed by atoms with Crippen LogP contribution >= 0.6 is 0 Å². The Hall–Kier alpha value is -7.17. The Kier molecular flexibility index (Phi) is 7.17. The number of benzene rings is 8. The van der Waals surface area contributed by atoms with Crippen LogP contribution in [0.15, 0.2) is 183 Å². The minimum absolute atomic E-state index is 0.137. The summed E-state index contributed by atoms with van der Waals surface area (Å²) in [7, 11) is 0. The van der Waals surface area contributed by atoms with E-state index in [1.165, 1.54) is 21.9 Å². The second kappa shape index (κ2) is 12.4. The summed E-state index contributed by atoms with van der Waals surface area (Å²) in [5.41, 5.74) is 13.5. The fraction of sp³-hybridized carbons (Fsp3) is 0.0577. The van der Waals surface area contributed by atoms with Gasteiger partial charge in [0.05, 0.1) is 16.4 Å². The van der Waals surface area contributed by atoms with Gasteiger partial charge in [-0.3, -0.25) is 0 Å². The number of hydrogen-bond donors (Lipinski definition) is 0. The Morgan fingerprint density at radius 2 is 1.11 bits per heavy atom. The van der Waals surface area contributed by atoms with Crippen molar-refractivity contribution in [2.45, 2.75) is 19.8 Å². The zero-order valence-electron chi connectivity index (χ0n) is 30.9. The van der Waals surface area contributed by atoms with Gasteiger partial charge in [-0.1, -0.05) is 110 Å². The van der Waals surface area contributed by atoms with Gasteiger partial charge in [0.1, 0.15) is 16.7 Å². The van der Waals surface area contributed by atoms with Crippen molar-refractivity contribution < 1.29 is 8.83 Å². The van der Waals surface area contributed by atoms with E-state index in [4.69, 9.17) is 8.83 Å².